The molecule has 0 bridgehead atoms. The molecular formula is C23H23N3O5S2. The Labute approximate surface area is 193 Å². The van der Waals surface area contributed by atoms with Crippen LogP contribution in [-0.4, -0.2) is 36.3 Å². The first-order valence-electron chi connectivity index (χ1n) is 10.2. The molecular weight excluding hydrogens is 462 g/mol. The summed E-state index contributed by atoms with van der Waals surface area (Å²) >= 11 is 0. The number of rotatable bonds is 6. The zero-order chi connectivity index (χ0) is 23.8. The van der Waals surface area contributed by atoms with Crippen LogP contribution in [0.5, 0.6) is 0 Å². The third kappa shape index (κ3) is 4.37. The molecule has 0 saturated heterocycles. The highest BCUT2D eigenvalue weighted by molar-refractivity contribution is 7.92. The largest absolute Gasteiger partial charge is 0.322 e. The number of amides is 1. The molecule has 1 aliphatic rings. The number of hydrogen-bond donors (Lipinski definition) is 2. The van der Waals surface area contributed by atoms with E-state index in [1.807, 2.05) is 0 Å². The van der Waals surface area contributed by atoms with E-state index in [1.165, 1.54) is 23.5 Å². The number of benzene rings is 3. The number of anilines is 2. The first kappa shape index (κ1) is 23.0. The molecule has 0 saturated carbocycles. The van der Waals surface area contributed by atoms with Gasteiger partial charge in [0.1, 0.15) is 0 Å². The lowest BCUT2D eigenvalue weighted by Crippen LogP contribution is -2.29. The van der Waals surface area contributed by atoms with Crippen LogP contribution in [0.4, 0.5) is 11.4 Å². The summed E-state index contributed by atoms with van der Waals surface area (Å²) in [5, 5.41) is 2.76. The number of hydrogen-bond acceptors (Lipinski definition) is 5. The van der Waals surface area contributed by atoms with Crippen LogP contribution in [0.25, 0.3) is 0 Å². The third-order valence-corrected chi connectivity index (χ3v) is 8.80. The van der Waals surface area contributed by atoms with Gasteiger partial charge in [0.05, 0.1) is 15.5 Å². The van der Waals surface area contributed by atoms with Crippen molar-refractivity contribution in [3.63, 3.8) is 0 Å². The maximum absolute atomic E-state index is 13.0. The summed E-state index contributed by atoms with van der Waals surface area (Å²) in [6, 6.07) is 17.6. The van der Waals surface area contributed by atoms with Gasteiger partial charge in [0.25, 0.3) is 15.9 Å². The SMILES string of the molecule is CNS(=O)(=O)c1ccc(C)c(NC(=O)c2ccc3c(c2)CCN3S(=O)(=O)c2ccccc2)c1. The number of nitrogens with one attached hydrogen (secondary N) is 2. The number of aryl methyl sites for hydroxylation is 1. The van der Waals surface area contributed by atoms with Crippen LogP contribution in [-0.2, 0) is 26.5 Å². The smallest absolute Gasteiger partial charge is 0.264 e. The summed E-state index contributed by atoms with van der Waals surface area (Å²) < 4.78 is 53.8. The maximum atomic E-state index is 13.0. The Balaban J connectivity index is 1.60. The van der Waals surface area contributed by atoms with Crippen LogP contribution in [0, 0.1) is 6.92 Å². The molecule has 33 heavy (non-hydrogen) atoms. The van der Waals surface area contributed by atoms with Gasteiger partial charge in [-0.05, 0) is 74.0 Å². The Morgan fingerprint density at radius 1 is 0.909 bits per heavy atom. The fraction of sp³-hybridized carbons (Fsp3) is 0.174. The summed E-state index contributed by atoms with van der Waals surface area (Å²) in [6.45, 7) is 2.06. The molecule has 0 aliphatic carbocycles. The van der Waals surface area contributed by atoms with Crippen molar-refractivity contribution >= 4 is 37.3 Å². The monoisotopic (exact) mass is 485 g/mol. The fourth-order valence-corrected chi connectivity index (χ4v) is 5.98. The van der Waals surface area contributed by atoms with Crippen molar-refractivity contribution in [2.24, 2.45) is 0 Å². The first-order valence-corrected chi connectivity index (χ1v) is 13.1. The van der Waals surface area contributed by atoms with Gasteiger partial charge in [0.15, 0.2) is 0 Å². The second-order valence-electron chi connectivity index (χ2n) is 7.62. The minimum absolute atomic E-state index is 0.0432. The lowest BCUT2D eigenvalue weighted by atomic mass is 10.1. The average molecular weight is 486 g/mol. The van der Waals surface area contributed by atoms with Crippen molar-refractivity contribution in [1.29, 1.82) is 0 Å². The first-order chi connectivity index (χ1) is 15.6. The summed E-state index contributed by atoms with van der Waals surface area (Å²) in [5.74, 6) is -0.413. The van der Waals surface area contributed by atoms with E-state index >= 15 is 0 Å². The molecule has 3 aromatic carbocycles. The average Bonchev–Trinajstić information content (AvgIpc) is 3.25. The van der Waals surface area contributed by atoms with E-state index in [0.717, 1.165) is 5.56 Å². The normalized spacial score (nSPS) is 13.6. The predicted octanol–water partition coefficient (Wildman–Crippen LogP) is 2.91. The molecule has 0 fully saturated rings. The molecule has 0 aromatic heterocycles. The second kappa shape index (κ2) is 8.62. The van der Waals surface area contributed by atoms with Crippen molar-refractivity contribution in [2.75, 3.05) is 23.2 Å². The standard InChI is InChI=1S/C23H23N3O5S2/c1-16-8-10-20(32(28,29)24-2)15-21(16)25-23(27)18-9-11-22-17(14-18)12-13-26(22)33(30,31)19-6-4-3-5-7-19/h3-11,14-15,24H,12-13H2,1-2H3,(H,25,27). The predicted molar refractivity (Wildman–Crippen MR) is 126 cm³/mol. The maximum Gasteiger partial charge on any atom is 0.264 e. The number of carbonyl (C=O) groups is 1. The number of fused-ring (bicyclic) bond motifs is 1. The van der Waals surface area contributed by atoms with E-state index in [9.17, 15) is 21.6 Å². The van der Waals surface area contributed by atoms with Gasteiger partial charge in [-0.1, -0.05) is 24.3 Å². The molecule has 1 aliphatic heterocycles. The van der Waals surface area contributed by atoms with E-state index in [2.05, 4.69) is 10.0 Å². The quantitative estimate of drug-likeness (QED) is 0.558. The molecule has 3 aromatic rings. The molecule has 0 atom stereocenters. The molecule has 4 rings (SSSR count). The highest BCUT2D eigenvalue weighted by atomic mass is 32.2. The number of sulfonamides is 2. The van der Waals surface area contributed by atoms with Crippen LogP contribution in [0.2, 0.25) is 0 Å². The van der Waals surface area contributed by atoms with Gasteiger partial charge in [-0.25, -0.2) is 21.6 Å². The van der Waals surface area contributed by atoms with E-state index in [1.54, 1.807) is 61.5 Å². The highest BCUT2D eigenvalue weighted by Gasteiger charge is 2.31. The molecule has 10 heteroatoms. The highest BCUT2D eigenvalue weighted by Crippen LogP contribution is 2.34. The van der Waals surface area contributed by atoms with E-state index in [-0.39, 0.29) is 9.79 Å². The molecule has 172 valence electrons. The minimum Gasteiger partial charge on any atom is -0.322 e. The van der Waals surface area contributed by atoms with Crippen LogP contribution < -0.4 is 14.3 Å². The van der Waals surface area contributed by atoms with Crippen molar-refractivity contribution in [3.8, 4) is 0 Å². The Kier molecular flexibility index (Phi) is 6.00. The second-order valence-corrected chi connectivity index (χ2v) is 11.4. The number of carbonyl (C=O) groups excluding carboxylic acids is 1. The third-order valence-electron chi connectivity index (χ3n) is 5.56. The molecule has 1 heterocycles. The Morgan fingerprint density at radius 2 is 1.64 bits per heavy atom. The molecule has 1 amide bonds. The minimum atomic E-state index is -3.69. The van der Waals surface area contributed by atoms with Crippen LogP contribution in [0.1, 0.15) is 21.5 Å². The van der Waals surface area contributed by atoms with Crippen LogP contribution in [0.3, 0.4) is 0 Å². The summed E-state index contributed by atoms with van der Waals surface area (Å²) in [6.07, 6.45) is 0.484. The van der Waals surface area contributed by atoms with Gasteiger partial charge in [0, 0.05) is 17.8 Å². The van der Waals surface area contributed by atoms with E-state index < -0.39 is 26.0 Å². The van der Waals surface area contributed by atoms with Crippen LogP contribution >= 0.6 is 0 Å². The van der Waals surface area contributed by atoms with Gasteiger partial charge in [-0.2, -0.15) is 0 Å². The lowest BCUT2D eigenvalue weighted by molar-refractivity contribution is 0.102. The van der Waals surface area contributed by atoms with Crippen molar-refractivity contribution < 1.29 is 21.6 Å². The summed E-state index contributed by atoms with van der Waals surface area (Å²) in [5.41, 5.74) is 2.75. The van der Waals surface area contributed by atoms with Gasteiger partial charge in [-0.3, -0.25) is 9.10 Å². The van der Waals surface area contributed by atoms with Gasteiger partial charge in [-0.15, -0.1) is 0 Å². The van der Waals surface area contributed by atoms with Crippen molar-refractivity contribution in [3.05, 3.63) is 83.4 Å². The van der Waals surface area contributed by atoms with Gasteiger partial charge < -0.3 is 5.32 Å². The Morgan fingerprint density at radius 3 is 2.33 bits per heavy atom. The molecule has 0 radical (unpaired) electrons. The summed E-state index contributed by atoms with van der Waals surface area (Å²) in [4.78, 5) is 13.1. The van der Waals surface area contributed by atoms with Gasteiger partial charge in [0.2, 0.25) is 10.0 Å². The van der Waals surface area contributed by atoms with Crippen molar-refractivity contribution in [1.82, 2.24) is 4.72 Å². The number of nitrogens with zero attached hydrogens (tertiary/aromatic N) is 1. The van der Waals surface area contributed by atoms with Crippen molar-refractivity contribution in [2.45, 2.75) is 23.1 Å². The molecule has 0 spiro atoms. The fourth-order valence-electron chi connectivity index (χ4n) is 3.70. The molecule has 0 unspecified atom stereocenters. The van der Waals surface area contributed by atoms with Gasteiger partial charge >= 0.3 is 0 Å². The topological polar surface area (TPSA) is 113 Å². The Hall–Kier alpha value is -3.21. The van der Waals surface area contributed by atoms with E-state index in [0.29, 0.717) is 35.5 Å². The van der Waals surface area contributed by atoms with Crippen LogP contribution in [0.15, 0.2) is 76.5 Å². The lowest BCUT2D eigenvalue weighted by Gasteiger charge is -2.19. The molecule has 2 N–H and O–H groups in total. The zero-order valence-corrected chi connectivity index (χ0v) is 19.7. The zero-order valence-electron chi connectivity index (χ0n) is 18.1. The molecule has 8 nitrogen and oxygen atoms in total. The summed E-state index contributed by atoms with van der Waals surface area (Å²) in [7, 11) is -6.02. The van der Waals surface area contributed by atoms with E-state index in [4.69, 9.17) is 0 Å². The Bertz CT molecular complexity index is 1440.